The number of aromatic amines is 1. The summed E-state index contributed by atoms with van der Waals surface area (Å²) in [7, 11) is 1.71. The average molecular weight is 384 g/mol. The minimum Gasteiger partial charge on any atom is -0.496 e. The number of nitrogens with zero attached hydrogens (tertiary/aromatic N) is 3. The van der Waals surface area contributed by atoms with Gasteiger partial charge < -0.3 is 19.3 Å². The zero-order chi connectivity index (χ0) is 19.3. The van der Waals surface area contributed by atoms with E-state index in [2.05, 4.69) is 20.9 Å². The maximum atomic E-state index is 12.4. The van der Waals surface area contributed by atoms with E-state index in [4.69, 9.17) is 14.5 Å². The molecule has 0 saturated carbocycles. The van der Waals surface area contributed by atoms with Crippen molar-refractivity contribution in [3.8, 4) is 5.75 Å². The lowest BCUT2D eigenvalue weighted by Gasteiger charge is -2.37. The standard InChI is InChI=1S/C21H28N4O3/c1-27-18-8-3-2-6-16(18)14-17-7-4-5-9-25(17)21-22-19(15-20(26)23-21)24-10-12-28-13-11-24/h2-3,6,8,15,17H,4-5,7,9-14H2,1H3,(H,22,23,26)/t17-/m1/s1. The molecular formula is C21H28N4O3. The summed E-state index contributed by atoms with van der Waals surface area (Å²) in [6.07, 6.45) is 4.23. The van der Waals surface area contributed by atoms with Gasteiger partial charge in [-0.05, 0) is 37.3 Å². The summed E-state index contributed by atoms with van der Waals surface area (Å²) in [5.74, 6) is 2.33. The van der Waals surface area contributed by atoms with E-state index in [0.717, 1.165) is 50.5 Å². The summed E-state index contributed by atoms with van der Waals surface area (Å²) in [4.78, 5) is 24.5. The molecule has 1 N–H and O–H groups in total. The molecular weight excluding hydrogens is 356 g/mol. The van der Waals surface area contributed by atoms with Gasteiger partial charge in [0.2, 0.25) is 5.95 Å². The quantitative estimate of drug-likeness (QED) is 0.852. The molecule has 0 amide bonds. The maximum Gasteiger partial charge on any atom is 0.254 e. The van der Waals surface area contributed by atoms with E-state index < -0.39 is 0 Å². The summed E-state index contributed by atoms with van der Waals surface area (Å²) in [6.45, 7) is 3.77. The summed E-state index contributed by atoms with van der Waals surface area (Å²) < 4.78 is 11.0. The van der Waals surface area contributed by atoms with Crippen molar-refractivity contribution in [3.63, 3.8) is 0 Å². The first-order chi connectivity index (χ1) is 13.7. The molecule has 0 bridgehead atoms. The Morgan fingerprint density at radius 2 is 2.04 bits per heavy atom. The number of aromatic nitrogens is 2. The van der Waals surface area contributed by atoms with Gasteiger partial charge in [0.25, 0.3) is 5.56 Å². The topological polar surface area (TPSA) is 70.7 Å². The van der Waals surface area contributed by atoms with Crippen molar-refractivity contribution in [2.75, 3.05) is 49.8 Å². The molecule has 150 valence electrons. The number of benzene rings is 1. The van der Waals surface area contributed by atoms with E-state index in [1.165, 1.54) is 12.0 Å². The number of morpholine rings is 1. The molecule has 7 heteroatoms. The molecule has 3 heterocycles. The fraction of sp³-hybridized carbons (Fsp3) is 0.524. The fourth-order valence-corrected chi connectivity index (χ4v) is 4.14. The number of para-hydroxylation sites is 1. The number of methoxy groups -OCH3 is 1. The van der Waals surface area contributed by atoms with Crippen LogP contribution in [0.5, 0.6) is 5.75 Å². The number of hydrogen-bond acceptors (Lipinski definition) is 6. The van der Waals surface area contributed by atoms with Crippen molar-refractivity contribution < 1.29 is 9.47 Å². The third kappa shape index (κ3) is 4.14. The van der Waals surface area contributed by atoms with Crippen molar-refractivity contribution in [1.29, 1.82) is 0 Å². The van der Waals surface area contributed by atoms with Crippen LogP contribution in [0.15, 0.2) is 35.1 Å². The van der Waals surface area contributed by atoms with Gasteiger partial charge in [-0.3, -0.25) is 9.78 Å². The number of ether oxygens (including phenoxy) is 2. The first-order valence-corrected chi connectivity index (χ1v) is 10.1. The minimum absolute atomic E-state index is 0.104. The van der Waals surface area contributed by atoms with Crippen LogP contribution in [0.25, 0.3) is 0 Å². The molecule has 0 radical (unpaired) electrons. The number of piperidine rings is 1. The number of hydrogen-bond donors (Lipinski definition) is 1. The van der Waals surface area contributed by atoms with Gasteiger partial charge in [-0.25, -0.2) is 0 Å². The predicted molar refractivity (Wildman–Crippen MR) is 110 cm³/mol. The van der Waals surface area contributed by atoms with E-state index >= 15 is 0 Å². The molecule has 28 heavy (non-hydrogen) atoms. The predicted octanol–water partition coefficient (Wildman–Crippen LogP) is 2.22. The zero-order valence-electron chi connectivity index (χ0n) is 16.4. The van der Waals surface area contributed by atoms with Crippen LogP contribution in [-0.4, -0.2) is 56.0 Å². The third-order valence-electron chi connectivity index (χ3n) is 5.60. The second-order valence-electron chi connectivity index (χ2n) is 7.39. The Labute approximate surface area is 165 Å². The number of nitrogens with one attached hydrogen (secondary N) is 1. The number of H-pyrrole nitrogens is 1. The second kappa shape index (κ2) is 8.65. The van der Waals surface area contributed by atoms with Gasteiger partial charge in [-0.15, -0.1) is 0 Å². The Kier molecular flexibility index (Phi) is 5.81. The molecule has 0 unspecified atom stereocenters. The van der Waals surface area contributed by atoms with Crippen molar-refractivity contribution in [2.45, 2.75) is 31.7 Å². The first kappa shape index (κ1) is 18.8. The highest BCUT2D eigenvalue weighted by atomic mass is 16.5. The van der Waals surface area contributed by atoms with Gasteiger partial charge in [-0.2, -0.15) is 4.98 Å². The van der Waals surface area contributed by atoms with E-state index in [1.54, 1.807) is 13.2 Å². The molecule has 2 saturated heterocycles. The maximum absolute atomic E-state index is 12.4. The Bertz CT molecular complexity index is 848. The van der Waals surface area contributed by atoms with Gasteiger partial charge in [-0.1, -0.05) is 18.2 Å². The highest BCUT2D eigenvalue weighted by Gasteiger charge is 2.26. The van der Waals surface area contributed by atoms with Gasteiger partial charge in [0, 0.05) is 31.7 Å². The minimum atomic E-state index is -0.104. The lowest BCUT2D eigenvalue weighted by atomic mass is 9.95. The molecule has 1 aromatic carbocycles. The Morgan fingerprint density at radius 3 is 2.86 bits per heavy atom. The SMILES string of the molecule is COc1ccccc1C[C@H]1CCCCN1c1nc(N2CCOCC2)cc(=O)[nH]1. The van der Waals surface area contributed by atoms with E-state index in [1.807, 2.05) is 18.2 Å². The molecule has 1 atom stereocenters. The van der Waals surface area contributed by atoms with Crippen molar-refractivity contribution in [2.24, 2.45) is 0 Å². The van der Waals surface area contributed by atoms with E-state index in [0.29, 0.717) is 19.2 Å². The summed E-state index contributed by atoms with van der Waals surface area (Å²) in [5, 5.41) is 0. The van der Waals surface area contributed by atoms with Gasteiger partial charge in [0.1, 0.15) is 11.6 Å². The summed E-state index contributed by atoms with van der Waals surface area (Å²) in [5.41, 5.74) is 1.08. The normalized spacial score (nSPS) is 20.2. The van der Waals surface area contributed by atoms with Crippen molar-refractivity contribution >= 4 is 11.8 Å². The molecule has 4 rings (SSSR count). The Hall–Kier alpha value is -2.54. The van der Waals surface area contributed by atoms with Gasteiger partial charge in [0.15, 0.2) is 0 Å². The molecule has 2 aliphatic heterocycles. The smallest absolute Gasteiger partial charge is 0.254 e. The van der Waals surface area contributed by atoms with E-state index in [-0.39, 0.29) is 11.6 Å². The molecule has 7 nitrogen and oxygen atoms in total. The van der Waals surface area contributed by atoms with Crippen LogP contribution in [-0.2, 0) is 11.2 Å². The van der Waals surface area contributed by atoms with Crippen molar-refractivity contribution in [3.05, 3.63) is 46.2 Å². The zero-order valence-corrected chi connectivity index (χ0v) is 16.4. The Morgan fingerprint density at radius 1 is 1.21 bits per heavy atom. The largest absolute Gasteiger partial charge is 0.496 e. The second-order valence-corrected chi connectivity index (χ2v) is 7.39. The van der Waals surface area contributed by atoms with Crippen LogP contribution in [0.3, 0.4) is 0 Å². The molecule has 2 aromatic rings. The van der Waals surface area contributed by atoms with E-state index in [9.17, 15) is 4.79 Å². The van der Waals surface area contributed by atoms with Crippen LogP contribution in [0.2, 0.25) is 0 Å². The van der Waals surface area contributed by atoms with Crippen LogP contribution < -0.4 is 20.1 Å². The van der Waals surface area contributed by atoms with Gasteiger partial charge in [0.05, 0.1) is 20.3 Å². The number of anilines is 2. The highest BCUT2D eigenvalue weighted by molar-refractivity contribution is 5.45. The van der Waals surface area contributed by atoms with Crippen LogP contribution in [0.1, 0.15) is 24.8 Å². The highest BCUT2D eigenvalue weighted by Crippen LogP contribution is 2.28. The molecule has 0 spiro atoms. The lowest BCUT2D eigenvalue weighted by Crippen LogP contribution is -2.43. The third-order valence-corrected chi connectivity index (χ3v) is 5.60. The molecule has 2 aliphatic rings. The lowest BCUT2D eigenvalue weighted by molar-refractivity contribution is 0.122. The Balaban J connectivity index is 1.60. The summed E-state index contributed by atoms with van der Waals surface area (Å²) in [6, 6.07) is 10.0. The fourth-order valence-electron chi connectivity index (χ4n) is 4.14. The molecule has 1 aromatic heterocycles. The van der Waals surface area contributed by atoms with Gasteiger partial charge >= 0.3 is 0 Å². The molecule has 2 fully saturated rings. The number of rotatable bonds is 5. The molecule has 0 aliphatic carbocycles. The van der Waals surface area contributed by atoms with Crippen LogP contribution in [0.4, 0.5) is 11.8 Å². The van der Waals surface area contributed by atoms with Crippen LogP contribution >= 0.6 is 0 Å². The van der Waals surface area contributed by atoms with Crippen LogP contribution in [0, 0.1) is 0 Å². The monoisotopic (exact) mass is 384 g/mol. The average Bonchev–Trinajstić information content (AvgIpc) is 2.75. The van der Waals surface area contributed by atoms with Crippen molar-refractivity contribution in [1.82, 2.24) is 9.97 Å². The summed E-state index contributed by atoms with van der Waals surface area (Å²) >= 11 is 0. The first-order valence-electron chi connectivity index (χ1n) is 10.1.